The molecule has 19 heavy (non-hydrogen) atoms. The molecule has 0 heterocycles. The fourth-order valence-electron chi connectivity index (χ4n) is 2.18. The highest BCUT2D eigenvalue weighted by molar-refractivity contribution is 9.10. The van der Waals surface area contributed by atoms with Gasteiger partial charge in [-0.15, -0.1) is 6.58 Å². The van der Waals surface area contributed by atoms with Gasteiger partial charge in [0.2, 0.25) is 0 Å². The zero-order valence-corrected chi connectivity index (χ0v) is 12.9. The lowest BCUT2D eigenvalue weighted by molar-refractivity contribution is 0.344. The molecule has 0 fully saturated rings. The highest BCUT2D eigenvalue weighted by atomic mass is 79.9. The van der Waals surface area contributed by atoms with Gasteiger partial charge in [0.1, 0.15) is 12.4 Å². The summed E-state index contributed by atoms with van der Waals surface area (Å²) in [6.45, 7) is 6.61. The highest BCUT2D eigenvalue weighted by Crippen LogP contribution is 2.29. The third-order valence-corrected chi connectivity index (χ3v) is 4.21. The molecular weight excluding hydrogens is 300 g/mol. The van der Waals surface area contributed by atoms with E-state index in [2.05, 4.69) is 47.7 Å². The maximum atomic E-state index is 5.99. The average Bonchev–Trinajstić information content (AvgIpc) is 2.44. The lowest BCUT2D eigenvalue weighted by atomic mass is 10.0. The van der Waals surface area contributed by atoms with Crippen LogP contribution in [0.5, 0.6) is 5.75 Å². The lowest BCUT2D eigenvalue weighted by Gasteiger charge is -2.16. The molecule has 0 bridgehead atoms. The molecule has 2 heteroatoms. The van der Waals surface area contributed by atoms with Crippen molar-refractivity contribution in [1.29, 1.82) is 0 Å². The van der Waals surface area contributed by atoms with E-state index in [0.29, 0.717) is 6.61 Å². The van der Waals surface area contributed by atoms with Crippen molar-refractivity contribution < 1.29 is 4.74 Å². The molecule has 0 unspecified atom stereocenters. The molecule has 0 N–H and O–H groups in total. The van der Waals surface area contributed by atoms with Gasteiger partial charge in [-0.1, -0.05) is 40.2 Å². The second-order valence-electron chi connectivity index (χ2n) is 4.72. The van der Waals surface area contributed by atoms with Gasteiger partial charge < -0.3 is 4.74 Å². The summed E-state index contributed by atoms with van der Waals surface area (Å²) in [7, 11) is 0. The molecular formula is C17H19BrO. The van der Waals surface area contributed by atoms with Crippen LogP contribution < -0.4 is 4.74 Å². The number of benzene rings is 1. The first-order valence-electron chi connectivity index (χ1n) is 6.58. The van der Waals surface area contributed by atoms with Gasteiger partial charge in [0, 0.05) is 10.0 Å². The number of hydrogen-bond donors (Lipinski definition) is 0. The van der Waals surface area contributed by atoms with Gasteiger partial charge in [-0.05, 0) is 49.5 Å². The van der Waals surface area contributed by atoms with Gasteiger partial charge in [-0.3, -0.25) is 0 Å². The number of rotatable bonds is 5. The predicted molar refractivity (Wildman–Crippen MR) is 84.7 cm³/mol. The van der Waals surface area contributed by atoms with Crippen molar-refractivity contribution in [2.45, 2.75) is 26.2 Å². The Balaban J connectivity index is 2.15. The Morgan fingerprint density at radius 3 is 2.95 bits per heavy atom. The molecule has 0 aliphatic heterocycles. The molecule has 0 spiro atoms. The summed E-state index contributed by atoms with van der Waals surface area (Å²) < 4.78 is 7.12. The summed E-state index contributed by atoms with van der Waals surface area (Å²) in [5.74, 6) is 0.969. The smallest absolute Gasteiger partial charge is 0.123 e. The Morgan fingerprint density at radius 2 is 2.26 bits per heavy atom. The monoisotopic (exact) mass is 318 g/mol. The molecule has 1 aliphatic carbocycles. The molecule has 1 aliphatic rings. The Bertz CT molecular complexity index is 526. The van der Waals surface area contributed by atoms with Crippen LogP contribution in [-0.2, 0) is 6.42 Å². The van der Waals surface area contributed by atoms with E-state index in [1.54, 1.807) is 0 Å². The van der Waals surface area contributed by atoms with E-state index >= 15 is 0 Å². The van der Waals surface area contributed by atoms with E-state index < -0.39 is 0 Å². The van der Waals surface area contributed by atoms with Gasteiger partial charge in [-0.2, -0.15) is 0 Å². The van der Waals surface area contributed by atoms with Crippen molar-refractivity contribution in [2.24, 2.45) is 0 Å². The molecule has 100 valence electrons. The van der Waals surface area contributed by atoms with E-state index in [-0.39, 0.29) is 0 Å². The van der Waals surface area contributed by atoms with E-state index in [4.69, 9.17) is 4.74 Å². The summed E-state index contributed by atoms with van der Waals surface area (Å²) in [6.07, 6.45) is 11.4. The fraction of sp³-hybridized carbons (Fsp3) is 0.294. The Morgan fingerprint density at radius 1 is 1.42 bits per heavy atom. The summed E-state index contributed by atoms with van der Waals surface area (Å²) in [5.41, 5.74) is 3.80. The van der Waals surface area contributed by atoms with Gasteiger partial charge in [0.15, 0.2) is 0 Å². The molecule has 1 aromatic rings. The van der Waals surface area contributed by atoms with Gasteiger partial charge in [-0.25, -0.2) is 0 Å². The maximum absolute atomic E-state index is 5.99. The van der Waals surface area contributed by atoms with Crippen LogP contribution in [0.1, 0.15) is 24.0 Å². The van der Waals surface area contributed by atoms with Gasteiger partial charge in [0.05, 0.1) is 0 Å². The van der Waals surface area contributed by atoms with Crippen LogP contribution in [-0.4, -0.2) is 6.61 Å². The third-order valence-electron chi connectivity index (χ3n) is 3.35. The van der Waals surface area contributed by atoms with Crippen molar-refractivity contribution >= 4 is 15.9 Å². The van der Waals surface area contributed by atoms with Crippen LogP contribution in [0.2, 0.25) is 0 Å². The third kappa shape index (κ3) is 3.60. The van der Waals surface area contributed by atoms with Gasteiger partial charge >= 0.3 is 0 Å². The molecule has 0 saturated heterocycles. The van der Waals surface area contributed by atoms with E-state index in [1.165, 1.54) is 16.7 Å². The normalized spacial score (nSPS) is 14.1. The zero-order chi connectivity index (χ0) is 13.7. The minimum Gasteiger partial charge on any atom is -0.489 e. The van der Waals surface area contributed by atoms with Gasteiger partial charge in [0.25, 0.3) is 0 Å². The predicted octanol–water partition coefficient (Wildman–Crippen LogP) is 5.14. The van der Waals surface area contributed by atoms with Crippen LogP contribution in [0.25, 0.3) is 0 Å². The fourth-order valence-corrected chi connectivity index (χ4v) is 2.55. The molecule has 2 rings (SSSR count). The maximum Gasteiger partial charge on any atom is 0.123 e. The number of allylic oxidation sites excluding steroid dienone is 4. The standard InChI is InChI=1S/C17H19BrO/c1-3-7-15-13(2)16(18)10-11-17(15)19-12-14-8-5-4-6-9-14/h3-5,8,10-11H,1,6-7,9,12H2,2H3. The summed E-state index contributed by atoms with van der Waals surface area (Å²) in [4.78, 5) is 0. The zero-order valence-electron chi connectivity index (χ0n) is 11.3. The topological polar surface area (TPSA) is 9.23 Å². The van der Waals surface area contributed by atoms with E-state index in [9.17, 15) is 0 Å². The minimum atomic E-state index is 0.676. The molecule has 0 aromatic heterocycles. The van der Waals surface area contributed by atoms with Crippen LogP contribution >= 0.6 is 15.9 Å². The number of hydrogen-bond acceptors (Lipinski definition) is 1. The second-order valence-corrected chi connectivity index (χ2v) is 5.58. The van der Waals surface area contributed by atoms with Crippen molar-refractivity contribution in [3.8, 4) is 5.75 Å². The van der Waals surface area contributed by atoms with Crippen LogP contribution in [0.3, 0.4) is 0 Å². The molecule has 0 amide bonds. The lowest BCUT2D eigenvalue weighted by Crippen LogP contribution is -2.05. The SMILES string of the molecule is C=CCc1c(OCC2=CC=CCC2)ccc(Br)c1C. The van der Waals surface area contributed by atoms with Crippen LogP contribution in [0.15, 0.2) is 53.1 Å². The Hall–Kier alpha value is -1.28. The summed E-state index contributed by atoms with van der Waals surface area (Å²) >= 11 is 3.57. The van der Waals surface area contributed by atoms with Crippen molar-refractivity contribution in [1.82, 2.24) is 0 Å². The Kier molecular flexibility index (Phi) is 5.03. The summed E-state index contributed by atoms with van der Waals surface area (Å²) in [6, 6.07) is 4.08. The summed E-state index contributed by atoms with van der Waals surface area (Å²) in [5, 5.41) is 0. The second kappa shape index (κ2) is 6.76. The van der Waals surface area contributed by atoms with Crippen molar-refractivity contribution in [3.05, 3.63) is 64.2 Å². The van der Waals surface area contributed by atoms with E-state index in [1.807, 2.05) is 18.2 Å². The first-order valence-corrected chi connectivity index (χ1v) is 7.38. The minimum absolute atomic E-state index is 0.676. The number of halogens is 1. The first-order chi connectivity index (χ1) is 9.22. The largest absolute Gasteiger partial charge is 0.489 e. The molecule has 0 atom stereocenters. The molecule has 1 aromatic carbocycles. The van der Waals surface area contributed by atoms with Crippen LogP contribution in [0.4, 0.5) is 0 Å². The molecule has 0 saturated carbocycles. The van der Waals surface area contributed by atoms with Crippen molar-refractivity contribution in [2.75, 3.05) is 6.61 Å². The highest BCUT2D eigenvalue weighted by Gasteiger charge is 2.10. The van der Waals surface area contributed by atoms with E-state index in [0.717, 1.165) is 29.5 Å². The number of ether oxygens (including phenoxy) is 1. The average molecular weight is 319 g/mol. The quantitative estimate of drug-likeness (QED) is 0.683. The first kappa shape index (κ1) is 14.1. The molecule has 0 radical (unpaired) electrons. The van der Waals surface area contributed by atoms with Crippen LogP contribution in [0, 0.1) is 6.92 Å². The van der Waals surface area contributed by atoms with Crippen molar-refractivity contribution in [3.63, 3.8) is 0 Å². The molecule has 1 nitrogen and oxygen atoms in total. The Labute approximate surface area is 123 Å².